The second-order valence-corrected chi connectivity index (χ2v) is 2.88. The Labute approximate surface area is 71.7 Å². The van der Waals surface area contributed by atoms with Crippen molar-refractivity contribution in [1.29, 1.82) is 0 Å². The zero-order valence-electron chi connectivity index (χ0n) is 6.92. The lowest BCUT2D eigenvalue weighted by molar-refractivity contribution is -0.122. The summed E-state index contributed by atoms with van der Waals surface area (Å²) in [5, 5.41) is 14.7. The van der Waals surface area contributed by atoms with E-state index in [4.69, 9.17) is 5.11 Å². The number of carbonyl (C=O) groups excluding carboxylic acids is 1. The first-order valence-electron chi connectivity index (χ1n) is 4.04. The smallest absolute Gasteiger partial charge is 0.237 e. The minimum atomic E-state index is -0.385. The molecule has 1 fully saturated rings. The first-order chi connectivity index (χ1) is 5.74. The standard InChI is InChI=1S/C8H14N2O2/c1-2-3-9-8(12)7-4-6(11)5-10-7/h2,6-7,10-11H,1,3-5H2,(H,9,12). The van der Waals surface area contributed by atoms with Crippen LogP contribution in [-0.4, -0.2) is 36.2 Å². The van der Waals surface area contributed by atoms with Crippen molar-refractivity contribution in [1.82, 2.24) is 10.6 Å². The van der Waals surface area contributed by atoms with Crippen LogP contribution < -0.4 is 10.6 Å². The monoisotopic (exact) mass is 170 g/mol. The van der Waals surface area contributed by atoms with E-state index in [0.717, 1.165) is 0 Å². The maximum absolute atomic E-state index is 11.2. The molecule has 3 N–H and O–H groups in total. The number of rotatable bonds is 3. The molecule has 0 aliphatic carbocycles. The minimum Gasteiger partial charge on any atom is -0.392 e. The number of amides is 1. The Hall–Kier alpha value is -0.870. The quantitative estimate of drug-likeness (QED) is 0.477. The predicted molar refractivity (Wildman–Crippen MR) is 45.6 cm³/mol. The minimum absolute atomic E-state index is 0.0635. The zero-order valence-corrected chi connectivity index (χ0v) is 6.92. The summed E-state index contributed by atoms with van der Waals surface area (Å²) in [4.78, 5) is 11.2. The van der Waals surface area contributed by atoms with Gasteiger partial charge in [-0.05, 0) is 6.42 Å². The van der Waals surface area contributed by atoms with Gasteiger partial charge < -0.3 is 15.7 Å². The van der Waals surface area contributed by atoms with Gasteiger partial charge in [0.25, 0.3) is 0 Å². The van der Waals surface area contributed by atoms with Crippen LogP contribution in [0.2, 0.25) is 0 Å². The lowest BCUT2D eigenvalue weighted by Crippen LogP contribution is -2.40. The molecular weight excluding hydrogens is 156 g/mol. The Morgan fingerprint density at radius 1 is 1.83 bits per heavy atom. The van der Waals surface area contributed by atoms with Gasteiger partial charge in [0.05, 0.1) is 12.1 Å². The third kappa shape index (κ3) is 2.32. The van der Waals surface area contributed by atoms with E-state index in [-0.39, 0.29) is 18.1 Å². The SMILES string of the molecule is C=CCNC(=O)C1CC(O)CN1. The summed E-state index contributed by atoms with van der Waals surface area (Å²) in [6.45, 7) is 4.48. The molecule has 68 valence electrons. The lowest BCUT2D eigenvalue weighted by Gasteiger charge is -2.08. The molecule has 12 heavy (non-hydrogen) atoms. The molecule has 0 radical (unpaired) electrons. The Balaban J connectivity index is 2.28. The molecular formula is C8H14N2O2. The molecule has 0 aromatic rings. The zero-order chi connectivity index (χ0) is 8.97. The van der Waals surface area contributed by atoms with Gasteiger partial charge in [0.2, 0.25) is 5.91 Å². The summed E-state index contributed by atoms with van der Waals surface area (Å²) in [6.07, 6.45) is 1.75. The maximum atomic E-state index is 11.2. The summed E-state index contributed by atoms with van der Waals surface area (Å²) >= 11 is 0. The van der Waals surface area contributed by atoms with Crippen molar-refractivity contribution in [3.63, 3.8) is 0 Å². The van der Waals surface area contributed by atoms with Crippen LogP contribution in [0.5, 0.6) is 0 Å². The van der Waals surface area contributed by atoms with Gasteiger partial charge in [-0.3, -0.25) is 4.79 Å². The fourth-order valence-corrected chi connectivity index (χ4v) is 1.21. The first kappa shape index (κ1) is 9.22. The lowest BCUT2D eigenvalue weighted by atomic mass is 10.2. The van der Waals surface area contributed by atoms with E-state index in [9.17, 15) is 4.79 Å². The van der Waals surface area contributed by atoms with Gasteiger partial charge >= 0.3 is 0 Å². The van der Waals surface area contributed by atoms with Crippen molar-refractivity contribution in [3.8, 4) is 0 Å². The maximum Gasteiger partial charge on any atom is 0.237 e. The summed E-state index contributed by atoms with van der Waals surface area (Å²) in [5.41, 5.74) is 0. The highest BCUT2D eigenvalue weighted by Gasteiger charge is 2.27. The van der Waals surface area contributed by atoms with Crippen LogP contribution >= 0.6 is 0 Å². The molecule has 1 saturated heterocycles. The molecule has 1 heterocycles. The van der Waals surface area contributed by atoms with Crippen LogP contribution in [0.15, 0.2) is 12.7 Å². The van der Waals surface area contributed by atoms with Crippen molar-refractivity contribution in [3.05, 3.63) is 12.7 Å². The fourth-order valence-electron chi connectivity index (χ4n) is 1.21. The Morgan fingerprint density at radius 2 is 2.58 bits per heavy atom. The highest BCUT2D eigenvalue weighted by atomic mass is 16.3. The topological polar surface area (TPSA) is 61.4 Å². The van der Waals surface area contributed by atoms with Crippen LogP contribution in [0.25, 0.3) is 0 Å². The number of hydrogen-bond acceptors (Lipinski definition) is 3. The average molecular weight is 170 g/mol. The molecule has 1 rings (SSSR count). The molecule has 0 bridgehead atoms. The van der Waals surface area contributed by atoms with Gasteiger partial charge in [-0.25, -0.2) is 0 Å². The summed E-state index contributed by atoms with van der Waals surface area (Å²) in [6, 6.07) is -0.236. The van der Waals surface area contributed by atoms with Crippen molar-refractivity contribution in [2.45, 2.75) is 18.6 Å². The molecule has 2 atom stereocenters. The molecule has 1 aliphatic rings. The first-order valence-corrected chi connectivity index (χ1v) is 4.04. The van der Waals surface area contributed by atoms with E-state index in [1.54, 1.807) is 6.08 Å². The molecule has 2 unspecified atom stereocenters. The van der Waals surface area contributed by atoms with Gasteiger partial charge in [0.15, 0.2) is 0 Å². The number of aliphatic hydroxyl groups is 1. The van der Waals surface area contributed by atoms with Crippen LogP contribution in [0.4, 0.5) is 0 Å². The molecule has 4 heteroatoms. The highest BCUT2D eigenvalue weighted by molar-refractivity contribution is 5.82. The summed E-state index contributed by atoms with van der Waals surface area (Å²) in [7, 11) is 0. The van der Waals surface area contributed by atoms with E-state index in [1.807, 2.05) is 0 Å². The van der Waals surface area contributed by atoms with E-state index < -0.39 is 0 Å². The molecule has 4 nitrogen and oxygen atoms in total. The second kappa shape index (κ2) is 4.23. The van der Waals surface area contributed by atoms with E-state index in [2.05, 4.69) is 17.2 Å². The van der Waals surface area contributed by atoms with Crippen LogP contribution in [0.3, 0.4) is 0 Å². The van der Waals surface area contributed by atoms with Crippen molar-refractivity contribution in [2.75, 3.05) is 13.1 Å². The van der Waals surface area contributed by atoms with Crippen LogP contribution in [-0.2, 0) is 4.79 Å². The molecule has 0 aromatic heterocycles. The Kier molecular flexibility index (Phi) is 3.25. The van der Waals surface area contributed by atoms with Crippen LogP contribution in [0.1, 0.15) is 6.42 Å². The highest BCUT2D eigenvalue weighted by Crippen LogP contribution is 2.05. The molecule has 0 aromatic carbocycles. The van der Waals surface area contributed by atoms with E-state index >= 15 is 0 Å². The van der Waals surface area contributed by atoms with Gasteiger partial charge in [0, 0.05) is 13.1 Å². The Bertz CT molecular complexity index is 182. The summed E-state index contributed by atoms with van der Waals surface area (Å²) < 4.78 is 0. The number of β-amino-alcohol motifs (C(OH)–C–C–N with tert-alkyl or cyclic N) is 1. The Morgan fingerprint density at radius 3 is 3.08 bits per heavy atom. The largest absolute Gasteiger partial charge is 0.392 e. The molecule has 0 saturated carbocycles. The van der Waals surface area contributed by atoms with Gasteiger partial charge in [-0.1, -0.05) is 6.08 Å². The van der Waals surface area contributed by atoms with E-state index in [1.165, 1.54) is 0 Å². The van der Waals surface area contributed by atoms with Gasteiger partial charge in [-0.15, -0.1) is 6.58 Å². The molecule has 0 spiro atoms. The predicted octanol–water partition coefficient (Wildman–Crippen LogP) is -0.989. The summed E-state index contributed by atoms with van der Waals surface area (Å²) in [5.74, 6) is -0.0635. The second-order valence-electron chi connectivity index (χ2n) is 2.88. The normalized spacial score (nSPS) is 28.4. The fraction of sp³-hybridized carbons (Fsp3) is 0.625. The van der Waals surface area contributed by atoms with Gasteiger partial charge in [-0.2, -0.15) is 0 Å². The average Bonchev–Trinajstić information content (AvgIpc) is 2.47. The van der Waals surface area contributed by atoms with Crippen molar-refractivity contribution in [2.24, 2.45) is 0 Å². The third-order valence-corrected chi connectivity index (χ3v) is 1.84. The number of hydrogen-bond donors (Lipinski definition) is 3. The number of aliphatic hydroxyl groups excluding tert-OH is 1. The van der Waals surface area contributed by atoms with Crippen molar-refractivity contribution < 1.29 is 9.90 Å². The van der Waals surface area contributed by atoms with Crippen molar-refractivity contribution >= 4 is 5.91 Å². The third-order valence-electron chi connectivity index (χ3n) is 1.84. The molecule has 1 aliphatic heterocycles. The van der Waals surface area contributed by atoms with Gasteiger partial charge in [0.1, 0.15) is 0 Å². The van der Waals surface area contributed by atoms with Crippen LogP contribution in [0, 0.1) is 0 Å². The number of nitrogens with one attached hydrogen (secondary N) is 2. The van der Waals surface area contributed by atoms with E-state index in [0.29, 0.717) is 19.5 Å². The number of carbonyl (C=O) groups is 1. The molecule has 1 amide bonds.